The predicted octanol–water partition coefficient (Wildman–Crippen LogP) is -0.607. The van der Waals surface area contributed by atoms with Crippen molar-refractivity contribution in [2.75, 3.05) is 26.2 Å². The fraction of sp³-hybridized carbons (Fsp3) is 0.400. The number of nitrogens with zero attached hydrogens (tertiary/aromatic N) is 1. The largest absolute Gasteiger partial charge is 0.344 e. The molecule has 1 aromatic carbocycles. The molecular formula is C10H14FN2O2S+. The van der Waals surface area contributed by atoms with Gasteiger partial charge in [-0.05, 0) is 18.2 Å². The van der Waals surface area contributed by atoms with Gasteiger partial charge in [0.1, 0.15) is 5.82 Å². The Balaban J connectivity index is 2.30. The van der Waals surface area contributed by atoms with Crippen LogP contribution in [0, 0.1) is 5.82 Å². The highest BCUT2D eigenvalue weighted by molar-refractivity contribution is 7.89. The lowest BCUT2D eigenvalue weighted by molar-refractivity contribution is -0.661. The van der Waals surface area contributed by atoms with E-state index in [-0.39, 0.29) is 4.90 Å². The molecule has 0 aliphatic carbocycles. The molecule has 2 rings (SSSR count). The van der Waals surface area contributed by atoms with Crippen LogP contribution in [-0.2, 0) is 10.0 Å². The molecule has 88 valence electrons. The van der Waals surface area contributed by atoms with Crippen LogP contribution in [0.4, 0.5) is 4.39 Å². The van der Waals surface area contributed by atoms with Crippen LogP contribution in [0.25, 0.3) is 0 Å². The highest BCUT2D eigenvalue weighted by Gasteiger charge is 2.27. The topological polar surface area (TPSA) is 54.0 Å². The Morgan fingerprint density at radius 3 is 2.56 bits per heavy atom. The Morgan fingerprint density at radius 1 is 1.25 bits per heavy atom. The lowest BCUT2D eigenvalue weighted by Crippen LogP contribution is -2.89. The van der Waals surface area contributed by atoms with E-state index in [9.17, 15) is 12.8 Å². The van der Waals surface area contributed by atoms with Crippen molar-refractivity contribution in [1.82, 2.24) is 4.31 Å². The maximum atomic E-state index is 13.0. The van der Waals surface area contributed by atoms with Gasteiger partial charge in [-0.2, -0.15) is 4.31 Å². The van der Waals surface area contributed by atoms with Crippen molar-refractivity contribution in [3.63, 3.8) is 0 Å². The van der Waals surface area contributed by atoms with Crippen LogP contribution < -0.4 is 5.32 Å². The second-order valence-corrected chi connectivity index (χ2v) is 5.67. The first-order chi connectivity index (χ1) is 7.60. The van der Waals surface area contributed by atoms with Crippen molar-refractivity contribution in [2.45, 2.75) is 4.90 Å². The van der Waals surface area contributed by atoms with Gasteiger partial charge in [0.2, 0.25) is 10.0 Å². The molecule has 0 aromatic heterocycles. The summed E-state index contributed by atoms with van der Waals surface area (Å²) in [7, 11) is -3.51. The van der Waals surface area contributed by atoms with Gasteiger partial charge in [-0.15, -0.1) is 0 Å². The fourth-order valence-corrected chi connectivity index (χ4v) is 3.25. The van der Waals surface area contributed by atoms with Crippen LogP contribution in [0.5, 0.6) is 0 Å². The first-order valence-corrected chi connectivity index (χ1v) is 6.62. The van der Waals surface area contributed by atoms with Gasteiger partial charge in [0, 0.05) is 0 Å². The molecule has 1 aromatic rings. The normalized spacial score (nSPS) is 18.6. The van der Waals surface area contributed by atoms with Crippen molar-refractivity contribution >= 4 is 10.0 Å². The third-order valence-corrected chi connectivity index (χ3v) is 4.49. The van der Waals surface area contributed by atoms with Gasteiger partial charge in [-0.1, -0.05) is 6.07 Å². The molecule has 16 heavy (non-hydrogen) atoms. The summed E-state index contributed by atoms with van der Waals surface area (Å²) in [6.45, 7) is 2.49. The molecule has 0 saturated carbocycles. The molecule has 1 heterocycles. The average molecular weight is 245 g/mol. The summed E-state index contributed by atoms with van der Waals surface area (Å²) in [6.07, 6.45) is 0. The van der Waals surface area contributed by atoms with E-state index >= 15 is 0 Å². The Bertz CT molecular complexity index is 469. The number of rotatable bonds is 2. The van der Waals surface area contributed by atoms with E-state index in [0.717, 1.165) is 19.2 Å². The van der Waals surface area contributed by atoms with Crippen molar-refractivity contribution < 1.29 is 18.1 Å². The van der Waals surface area contributed by atoms with E-state index in [2.05, 4.69) is 5.32 Å². The molecule has 0 spiro atoms. The monoisotopic (exact) mass is 245 g/mol. The Kier molecular flexibility index (Phi) is 3.22. The molecule has 0 atom stereocenters. The number of hydrogen-bond acceptors (Lipinski definition) is 2. The zero-order chi connectivity index (χ0) is 11.6. The number of benzene rings is 1. The highest BCUT2D eigenvalue weighted by Crippen LogP contribution is 2.16. The van der Waals surface area contributed by atoms with E-state index in [1.165, 1.54) is 22.5 Å². The first-order valence-electron chi connectivity index (χ1n) is 5.18. The standard InChI is InChI=1S/C10H13FN2O2S/c11-9-2-1-3-10(8-9)16(14,15)13-6-4-12-5-7-13/h1-3,8,12H,4-7H2/p+1. The number of hydrogen-bond donors (Lipinski definition) is 1. The predicted molar refractivity (Wildman–Crippen MR) is 56.8 cm³/mol. The third-order valence-electron chi connectivity index (χ3n) is 2.60. The van der Waals surface area contributed by atoms with Gasteiger partial charge in [0.15, 0.2) is 0 Å². The van der Waals surface area contributed by atoms with Crippen molar-refractivity contribution in [3.05, 3.63) is 30.1 Å². The number of quaternary nitrogens is 1. The van der Waals surface area contributed by atoms with Crippen molar-refractivity contribution in [2.24, 2.45) is 0 Å². The van der Waals surface area contributed by atoms with Crippen LogP contribution in [-0.4, -0.2) is 38.9 Å². The summed E-state index contributed by atoms with van der Waals surface area (Å²) in [5, 5.41) is 2.07. The fourth-order valence-electron chi connectivity index (χ4n) is 1.74. The minimum absolute atomic E-state index is 0.0365. The zero-order valence-electron chi connectivity index (χ0n) is 8.77. The highest BCUT2D eigenvalue weighted by atomic mass is 32.2. The van der Waals surface area contributed by atoms with E-state index in [0.29, 0.717) is 13.1 Å². The zero-order valence-corrected chi connectivity index (χ0v) is 9.58. The van der Waals surface area contributed by atoms with Crippen LogP contribution in [0.1, 0.15) is 0 Å². The van der Waals surface area contributed by atoms with Gasteiger partial charge in [0.05, 0.1) is 31.1 Å². The van der Waals surface area contributed by atoms with Crippen molar-refractivity contribution in [3.8, 4) is 0 Å². The lowest BCUT2D eigenvalue weighted by atomic mass is 10.4. The quantitative estimate of drug-likeness (QED) is 0.756. The smallest absolute Gasteiger partial charge is 0.243 e. The second kappa shape index (κ2) is 4.48. The van der Waals surface area contributed by atoms with E-state index in [4.69, 9.17) is 0 Å². The molecule has 2 N–H and O–H groups in total. The molecular weight excluding hydrogens is 231 g/mol. The second-order valence-electron chi connectivity index (χ2n) is 3.73. The summed E-state index contributed by atoms with van der Waals surface area (Å²) in [5.74, 6) is -0.523. The van der Waals surface area contributed by atoms with Gasteiger partial charge in [0.25, 0.3) is 0 Å². The van der Waals surface area contributed by atoms with Gasteiger partial charge >= 0.3 is 0 Å². The van der Waals surface area contributed by atoms with Crippen LogP contribution in [0.2, 0.25) is 0 Å². The van der Waals surface area contributed by atoms with E-state index in [1.807, 2.05) is 0 Å². The molecule has 1 aliphatic heterocycles. The molecule has 6 heteroatoms. The van der Waals surface area contributed by atoms with E-state index in [1.54, 1.807) is 0 Å². The summed E-state index contributed by atoms with van der Waals surface area (Å²) in [6, 6.07) is 5.14. The molecule has 0 unspecified atom stereocenters. The molecule has 1 aliphatic rings. The number of nitrogens with two attached hydrogens (primary N) is 1. The summed E-state index contributed by atoms with van der Waals surface area (Å²) in [5.41, 5.74) is 0. The van der Waals surface area contributed by atoms with Crippen LogP contribution in [0.3, 0.4) is 0 Å². The third kappa shape index (κ3) is 2.23. The Hall–Kier alpha value is -0.980. The molecule has 4 nitrogen and oxygen atoms in total. The molecule has 0 bridgehead atoms. The van der Waals surface area contributed by atoms with Crippen LogP contribution >= 0.6 is 0 Å². The SMILES string of the molecule is O=S(=O)(c1cccc(F)c1)N1CC[NH2+]CC1. The number of piperazine rings is 1. The molecule has 0 amide bonds. The average Bonchev–Trinajstić information content (AvgIpc) is 2.30. The van der Waals surface area contributed by atoms with Crippen molar-refractivity contribution in [1.29, 1.82) is 0 Å². The lowest BCUT2D eigenvalue weighted by Gasteiger charge is -2.24. The maximum absolute atomic E-state index is 13.0. The van der Waals surface area contributed by atoms with Gasteiger partial charge in [-0.25, -0.2) is 12.8 Å². The van der Waals surface area contributed by atoms with Crippen LogP contribution in [0.15, 0.2) is 29.2 Å². The number of sulfonamides is 1. The molecule has 1 fully saturated rings. The molecule has 1 saturated heterocycles. The maximum Gasteiger partial charge on any atom is 0.243 e. The minimum atomic E-state index is -3.51. The minimum Gasteiger partial charge on any atom is -0.344 e. The van der Waals surface area contributed by atoms with E-state index < -0.39 is 15.8 Å². The summed E-state index contributed by atoms with van der Waals surface area (Å²) >= 11 is 0. The van der Waals surface area contributed by atoms with Gasteiger partial charge < -0.3 is 5.32 Å². The first kappa shape index (κ1) is 11.5. The number of halogens is 1. The summed E-state index contributed by atoms with van der Waals surface area (Å²) < 4.78 is 38.5. The van der Waals surface area contributed by atoms with Gasteiger partial charge in [-0.3, -0.25) is 0 Å². The Labute approximate surface area is 94.1 Å². The molecule has 0 radical (unpaired) electrons. The summed E-state index contributed by atoms with van der Waals surface area (Å²) in [4.78, 5) is 0.0365. The Morgan fingerprint density at radius 2 is 1.94 bits per heavy atom.